The van der Waals surface area contributed by atoms with Crippen LogP contribution in [0.15, 0.2) is 18.2 Å². The Balaban J connectivity index is 2.93. The van der Waals surface area contributed by atoms with E-state index in [4.69, 9.17) is 5.11 Å². The molecule has 1 atom stereocenters. The van der Waals surface area contributed by atoms with Crippen molar-refractivity contribution in [1.82, 2.24) is 0 Å². The number of carbonyl (C=O) groups is 2. The van der Waals surface area contributed by atoms with Crippen LogP contribution in [0, 0.1) is 25.7 Å². The molecule has 0 radical (unpaired) electrons. The Morgan fingerprint density at radius 1 is 1.22 bits per heavy atom. The highest BCUT2D eigenvalue weighted by Crippen LogP contribution is 2.20. The van der Waals surface area contributed by atoms with Crippen molar-refractivity contribution in [3.8, 4) is 0 Å². The standard InChI is InChI=1S/C14H19NO3/c1-8(2)12(14(17)18)13(16)15-11-7-5-6-9(3)10(11)4/h5-8,12H,1-4H3,(H,15,16)(H,17,18). The van der Waals surface area contributed by atoms with Gasteiger partial charge in [0, 0.05) is 5.69 Å². The van der Waals surface area contributed by atoms with Gasteiger partial charge in [-0.15, -0.1) is 0 Å². The molecule has 0 heterocycles. The third-order valence-corrected chi connectivity index (χ3v) is 3.08. The molecule has 1 aromatic rings. The molecule has 0 saturated carbocycles. The van der Waals surface area contributed by atoms with Crippen LogP contribution in [-0.2, 0) is 9.59 Å². The normalized spacial score (nSPS) is 12.3. The van der Waals surface area contributed by atoms with E-state index in [1.165, 1.54) is 0 Å². The predicted molar refractivity (Wildman–Crippen MR) is 70.5 cm³/mol. The molecule has 98 valence electrons. The zero-order valence-electron chi connectivity index (χ0n) is 11.2. The number of aryl methyl sites for hydroxylation is 1. The third-order valence-electron chi connectivity index (χ3n) is 3.08. The second kappa shape index (κ2) is 5.67. The molecule has 1 rings (SSSR count). The van der Waals surface area contributed by atoms with Crippen LogP contribution >= 0.6 is 0 Å². The quantitative estimate of drug-likeness (QED) is 0.806. The van der Waals surface area contributed by atoms with E-state index >= 15 is 0 Å². The van der Waals surface area contributed by atoms with Gasteiger partial charge in [-0.2, -0.15) is 0 Å². The van der Waals surface area contributed by atoms with Gasteiger partial charge in [-0.1, -0.05) is 26.0 Å². The number of aliphatic carboxylic acids is 1. The van der Waals surface area contributed by atoms with E-state index in [0.29, 0.717) is 5.69 Å². The van der Waals surface area contributed by atoms with E-state index in [2.05, 4.69) is 5.32 Å². The monoisotopic (exact) mass is 249 g/mol. The first kappa shape index (κ1) is 14.2. The summed E-state index contributed by atoms with van der Waals surface area (Å²) in [6.45, 7) is 7.29. The van der Waals surface area contributed by atoms with Crippen LogP contribution < -0.4 is 5.32 Å². The van der Waals surface area contributed by atoms with Gasteiger partial charge < -0.3 is 10.4 Å². The second-order valence-corrected chi connectivity index (χ2v) is 4.80. The summed E-state index contributed by atoms with van der Waals surface area (Å²) in [4.78, 5) is 23.0. The number of rotatable bonds is 4. The van der Waals surface area contributed by atoms with Crippen molar-refractivity contribution in [3.05, 3.63) is 29.3 Å². The van der Waals surface area contributed by atoms with Gasteiger partial charge in [0.15, 0.2) is 0 Å². The van der Waals surface area contributed by atoms with Crippen LogP contribution in [0.4, 0.5) is 5.69 Å². The average Bonchev–Trinajstić information content (AvgIpc) is 2.23. The maximum absolute atomic E-state index is 12.0. The van der Waals surface area contributed by atoms with Gasteiger partial charge in [-0.25, -0.2) is 0 Å². The summed E-state index contributed by atoms with van der Waals surface area (Å²) in [5.74, 6) is -2.82. The van der Waals surface area contributed by atoms with Crippen LogP contribution in [0.1, 0.15) is 25.0 Å². The first-order valence-corrected chi connectivity index (χ1v) is 5.94. The zero-order chi connectivity index (χ0) is 13.9. The number of carboxylic acids is 1. The highest BCUT2D eigenvalue weighted by Gasteiger charge is 2.29. The first-order chi connectivity index (χ1) is 8.34. The van der Waals surface area contributed by atoms with Gasteiger partial charge in [0.25, 0.3) is 0 Å². The predicted octanol–water partition coefficient (Wildman–Crippen LogP) is 2.60. The minimum atomic E-state index is -1.09. The molecule has 1 aromatic carbocycles. The van der Waals surface area contributed by atoms with Crippen LogP contribution in [0.2, 0.25) is 0 Å². The van der Waals surface area contributed by atoms with Crippen molar-refractivity contribution in [2.75, 3.05) is 5.32 Å². The third kappa shape index (κ3) is 3.09. The van der Waals surface area contributed by atoms with Gasteiger partial charge in [-0.3, -0.25) is 9.59 Å². The lowest BCUT2D eigenvalue weighted by Gasteiger charge is -2.17. The maximum atomic E-state index is 12.0. The number of benzene rings is 1. The highest BCUT2D eigenvalue weighted by atomic mass is 16.4. The smallest absolute Gasteiger partial charge is 0.316 e. The Kier molecular flexibility index (Phi) is 4.48. The molecule has 0 aliphatic heterocycles. The Morgan fingerprint density at radius 2 is 1.83 bits per heavy atom. The average molecular weight is 249 g/mol. The summed E-state index contributed by atoms with van der Waals surface area (Å²) in [6, 6.07) is 5.56. The van der Waals surface area contributed by atoms with E-state index < -0.39 is 17.8 Å². The van der Waals surface area contributed by atoms with Gasteiger partial charge in [-0.05, 0) is 37.0 Å². The molecule has 0 bridgehead atoms. The Hall–Kier alpha value is -1.84. The topological polar surface area (TPSA) is 66.4 Å². The molecule has 4 nitrogen and oxygen atoms in total. The van der Waals surface area contributed by atoms with Crippen molar-refractivity contribution in [1.29, 1.82) is 0 Å². The van der Waals surface area contributed by atoms with Gasteiger partial charge in [0.1, 0.15) is 5.92 Å². The van der Waals surface area contributed by atoms with Crippen molar-refractivity contribution in [3.63, 3.8) is 0 Å². The second-order valence-electron chi connectivity index (χ2n) is 4.80. The molecular formula is C14H19NO3. The molecule has 1 unspecified atom stereocenters. The van der Waals surface area contributed by atoms with E-state index in [0.717, 1.165) is 11.1 Å². The fourth-order valence-corrected chi connectivity index (χ4v) is 1.80. The first-order valence-electron chi connectivity index (χ1n) is 5.94. The lowest BCUT2D eigenvalue weighted by molar-refractivity contribution is -0.147. The van der Waals surface area contributed by atoms with Crippen LogP contribution in [-0.4, -0.2) is 17.0 Å². The van der Waals surface area contributed by atoms with Crippen molar-refractivity contribution in [2.45, 2.75) is 27.7 Å². The molecule has 1 amide bonds. The molecule has 0 saturated heterocycles. The van der Waals surface area contributed by atoms with E-state index in [1.54, 1.807) is 19.9 Å². The molecule has 18 heavy (non-hydrogen) atoms. The largest absolute Gasteiger partial charge is 0.481 e. The van der Waals surface area contributed by atoms with Crippen LogP contribution in [0.3, 0.4) is 0 Å². The number of carboxylic acid groups (broad SMARTS) is 1. The van der Waals surface area contributed by atoms with E-state index in [9.17, 15) is 9.59 Å². The van der Waals surface area contributed by atoms with Gasteiger partial charge in [0.05, 0.1) is 0 Å². The lowest BCUT2D eigenvalue weighted by atomic mass is 9.95. The number of nitrogens with one attached hydrogen (secondary N) is 1. The van der Waals surface area contributed by atoms with E-state index in [1.807, 2.05) is 26.0 Å². The Labute approximate surface area is 107 Å². The number of amides is 1. The summed E-state index contributed by atoms with van der Waals surface area (Å²) < 4.78 is 0. The Morgan fingerprint density at radius 3 is 2.33 bits per heavy atom. The van der Waals surface area contributed by atoms with Gasteiger partial charge >= 0.3 is 5.97 Å². The fourth-order valence-electron chi connectivity index (χ4n) is 1.80. The van der Waals surface area contributed by atoms with Crippen molar-refractivity contribution < 1.29 is 14.7 Å². The molecule has 4 heteroatoms. The fraction of sp³-hybridized carbons (Fsp3) is 0.429. The summed E-state index contributed by atoms with van der Waals surface area (Å²) in [7, 11) is 0. The minimum absolute atomic E-state index is 0.243. The minimum Gasteiger partial charge on any atom is -0.481 e. The molecule has 0 aliphatic carbocycles. The highest BCUT2D eigenvalue weighted by molar-refractivity contribution is 6.04. The molecule has 0 fully saturated rings. The number of carbonyl (C=O) groups excluding carboxylic acids is 1. The number of hydrogen-bond donors (Lipinski definition) is 2. The molecule has 0 aliphatic rings. The maximum Gasteiger partial charge on any atom is 0.316 e. The van der Waals surface area contributed by atoms with Crippen LogP contribution in [0.5, 0.6) is 0 Å². The Bertz CT molecular complexity index is 466. The number of anilines is 1. The summed E-state index contributed by atoms with van der Waals surface area (Å²) in [5, 5.41) is 11.7. The molecule has 0 aromatic heterocycles. The SMILES string of the molecule is Cc1cccc(NC(=O)C(C(=O)O)C(C)C)c1C. The van der Waals surface area contributed by atoms with Crippen LogP contribution in [0.25, 0.3) is 0 Å². The molecule has 2 N–H and O–H groups in total. The summed E-state index contributed by atoms with van der Waals surface area (Å²) in [5.41, 5.74) is 2.69. The number of hydrogen-bond acceptors (Lipinski definition) is 2. The molecule has 0 spiro atoms. The summed E-state index contributed by atoms with van der Waals surface area (Å²) >= 11 is 0. The molecular weight excluding hydrogens is 230 g/mol. The van der Waals surface area contributed by atoms with E-state index in [-0.39, 0.29) is 5.92 Å². The van der Waals surface area contributed by atoms with Crippen molar-refractivity contribution >= 4 is 17.6 Å². The van der Waals surface area contributed by atoms with Crippen molar-refractivity contribution in [2.24, 2.45) is 11.8 Å². The summed E-state index contributed by atoms with van der Waals surface area (Å²) in [6.07, 6.45) is 0. The zero-order valence-corrected chi connectivity index (χ0v) is 11.2. The van der Waals surface area contributed by atoms with Gasteiger partial charge in [0.2, 0.25) is 5.91 Å². The lowest BCUT2D eigenvalue weighted by Crippen LogP contribution is -2.33.